The molecule has 7 nitrogen and oxygen atoms in total. The highest BCUT2D eigenvalue weighted by Gasteiger charge is 2.08. The zero-order valence-electron chi connectivity index (χ0n) is 11.0. The van der Waals surface area contributed by atoms with Crippen LogP contribution in [0, 0.1) is 0 Å². The van der Waals surface area contributed by atoms with Crippen molar-refractivity contribution in [3.63, 3.8) is 0 Å². The van der Waals surface area contributed by atoms with Gasteiger partial charge in [-0.3, -0.25) is 0 Å². The van der Waals surface area contributed by atoms with Gasteiger partial charge in [-0.15, -0.1) is 0 Å². The molecule has 0 amide bonds. The van der Waals surface area contributed by atoms with E-state index in [1.807, 2.05) is 0 Å². The van der Waals surface area contributed by atoms with Crippen molar-refractivity contribution in [2.45, 2.75) is 0 Å². The number of benzene rings is 1. The summed E-state index contributed by atoms with van der Waals surface area (Å²) in [5.74, 6) is 0.540. The molecule has 7 heteroatoms. The van der Waals surface area contributed by atoms with Gasteiger partial charge in [-0.1, -0.05) is 0 Å². The number of carboxylic acids is 1. The number of hydrogen-bond acceptors (Lipinski definition) is 6. The molecule has 0 radical (unpaired) electrons. The first kappa shape index (κ1) is 13.6. The van der Waals surface area contributed by atoms with Gasteiger partial charge in [0.05, 0.1) is 32.3 Å². The summed E-state index contributed by atoms with van der Waals surface area (Å²) in [6.45, 7) is 0. The molecule has 1 heterocycles. The lowest BCUT2D eigenvalue weighted by Gasteiger charge is -2.11. The third-order valence-electron chi connectivity index (χ3n) is 2.54. The molecule has 0 aliphatic rings. The summed E-state index contributed by atoms with van der Waals surface area (Å²) in [7, 11) is 3.11. The minimum absolute atomic E-state index is 0.114. The summed E-state index contributed by atoms with van der Waals surface area (Å²) < 4.78 is 10.3. The quantitative estimate of drug-likeness (QED) is 0.861. The summed E-state index contributed by atoms with van der Waals surface area (Å²) >= 11 is 0. The molecule has 0 aliphatic heterocycles. The van der Waals surface area contributed by atoms with Crippen molar-refractivity contribution < 1.29 is 19.4 Å². The molecule has 1 aromatic carbocycles. The number of hydrogen-bond donors (Lipinski definition) is 2. The molecule has 2 rings (SSSR count). The third kappa shape index (κ3) is 2.94. The molecule has 2 N–H and O–H groups in total. The van der Waals surface area contributed by atoms with Crippen LogP contribution in [0.4, 0.5) is 11.5 Å². The molecule has 0 saturated carbocycles. The first-order valence-corrected chi connectivity index (χ1v) is 5.68. The Bertz CT molecular complexity index is 614. The Labute approximate surface area is 115 Å². The lowest BCUT2D eigenvalue weighted by atomic mass is 10.2. The second kappa shape index (κ2) is 5.87. The van der Waals surface area contributed by atoms with E-state index in [9.17, 15) is 4.79 Å². The van der Waals surface area contributed by atoms with Crippen molar-refractivity contribution >= 4 is 17.5 Å². The van der Waals surface area contributed by atoms with E-state index in [4.69, 9.17) is 14.6 Å². The summed E-state index contributed by atoms with van der Waals surface area (Å²) in [5.41, 5.74) is 0.558. The second-order valence-electron chi connectivity index (χ2n) is 3.78. The van der Waals surface area contributed by atoms with Gasteiger partial charge < -0.3 is 19.9 Å². The van der Waals surface area contributed by atoms with Gasteiger partial charge in [0, 0.05) is 6.07 Å². The molecule has 0 saturated heterocycles. The molecule has 0 spiro atoms. The predicted octanol–water partition coefficient (Wildman–Crippen LogP) is 1.94. The van der Waals surface area contributed by atoms with Gasteiger partial charge in [-0.05, 0) is 12.1 Å². The van der Waals surface area contributed by atoms with E-state index in [0.29, 0.717) is 23.0 Å². The van der Waals surface area contributed by atoms with Gasteiger partial charge >= 0.3 is 5.97 Å². The van der Waals surface area contributed by atoms with Gasteiger partial charge in [0.25, 0.3) is 0 Å². The fraction of sp³-hybridized carbons (Fsp3) is 0.154. The number of aromatic carboxylic acids is 1. The van der Waals surface area contributed by atoms with Crippen molar-refractivity contribution in [2.24, 2.45) is 0 Å². The molecule has 0 unspecified atom stereocenters. The smallest absolute Gasteiger partial charge is 0.356 e. The number of nitrogens with zero attached hydrogens (tertiary/aromatic N) is 2. The molecule has 20 heavy (non-hydrogen) atoms. The van der Waals surface area contributed by atoms with Crippen LogP contribution in [0.5, 0.6) is 11.5 Å². The van der Waals surface area contributed by atoms with Crippen LogP contribution in [0.2, 0.25) is 0 Å². The van der Waals surface area contributed by atoms with E-state index in [2.05, 4.69) is 15.3 Å². The van der Waals surface area contributed by atoms with Crippen molar-refractivity contribution in [2.75, 3.05) is 19.5 Å². The molecule has 0 bridgehead atoms. The zero-order valence-corrected chi connectivity index (χ0v) is 11.0. The van der Waals surface area contributed by atoms with Crippen LogP contribution in [-0.4, -0.2) is 35.3 Å². The van der Waals surface area contributed by atoms with Crippen LogP contribution < -0.4 is 14.8 Å². The maximum absolute atomic E-state index is 10.7. The normalized spacial score (nSPS) is 9.90. The Kier molecular flexibility index (Phi) is 3.99. The maximum Gasteiger partial charge on any atom is 0.356 e. The van der Waals surface area contributed by atoms with E-state index in [1.165, 1.54) is 12.4 Å². The van der Waals surface area contributed by atoms with Gasteiger partial charge in [-0.2, -0.15) is 0 Å². The molecule has 0 fully saturated rings. The van der Waals surface area contributed by atoms with Crippen LogP contribution in [0.3, 0.4) is 0 Å². The molecule has 104 valence electrons. The van der Waals surface area contributed by atoms with E-state index in [-0.39, 0.29) is 5.69 Å². The van der Waals surface area contributed by atoms with Crippen molar-refractivity contribution in [1.82, 2.24) is 9.97 Å². The first-order valence-electron chi connectivity index (χ1n) is 5.68. The number of nitrogens with one attached hydrogen (secondary N) is 1. The number of aromatic nitrogens is 2. The van der Waals surface area contributed by atoms with Crippen LogP contribution in [0.1, 0.15) is 10.5 Å². The number of carbonyl (C=O) groups is 1. The van der Waals surface area contributed by atoms with Gasteiger partial charge in [-0.25, -0.2) is 14.8 Å². The number of ether oxygens (including phenoxy) is 2. The molecule has 1 aromatic heterocycles. The Hall–Kier alpha value is -2.83. The van der Waals surface area contributed by atoms with E-state index in [1.54, 1.807) is 32.4 Å². The van der Waals surface area contributed by atoms with E-state index < -0.39 is 5.97 Å². The summed E-state index contributed by atoms with van der Waals surface area (Å²) in [4.78, 5) is 18.4. The van der Waals surface area contributed by atoms with Gasteiger partial charge in [0.2, 0.25) is 0 Å². The number of methoxy groups -OCH3 is 2. The molecule has 2 aromatic rings. The SMILES string of the molecule is COc1ccc(Nc2cnc(C(=O)O)cn2)c(OC)c1. The summed E-state index contributed by atoms with van der Waals surface area (Å²) in [6.07, 6.45) is 2.52. The Morgan fingerprint density at radius 2 is 2.00 bits per heavy atom. The highest BCUT2D eigenvalue weighted by atomic mass is 16.5. The van der Waals surface area contributed by atoms with Crippen molar-refractivity contribution in [3.8, 4) is 11.5 Å². The fourth-order valence-corrected chi connectivity index (χ4v) is 1.54. The lowest BCUT2D eigenvalue weighted by Crippen LogP contribution is -2.03. The van der Waals surface area contributed by atoms with Crippen molar-refractivity contribution in [1.29, 1.82) is 0 Å². The third-order valence-corrected chi connectivity index (χ3v) is 2.54. The second-order valence-corrected chi connectivity index (χ2v) is 3.78. The molecule has 0 aliphatic carbocycles. The summed E-state index contributed by atoms with van der Waals surface area (Å²) in [6, 6.07) is 5.26. The average molecular weight is 275 g/mol. The van der Waals surface area contributed by atoms with Crippen LogP contribution in [0.25, 0.3) is 0 Å². The number of rotatable bonds is 5. The molecular formula is C13H13N3O4. The highest BCUT2D eigenvalue weighted by molar-refractivity contribution is 5.85. The summed E-state index contributed by atoms with van der Waals surface area (Å²) in [5, 5.41) is 11.7. The standard InChI is InChI=1S/C13H13N3O4/c1-19-8-3-4-9(11(5-8)20-2)16-12-7-14-10(6-15-12)13(17)18/h3-7H,1-2H3,(H,15,16)(H,17,18). The molecular weight excluding hydrogens is 262 g/mol. The predicted molar refractivity (Wildman–Crippen MR) is 71.8 cm³/mol. The Balaban J connectivity index is 2.23. The topological polar surface area (TPSA) is 93.6 Å². The Morgan fingerprint density at radius 1 is 1.20 bits per heavy atom. The van der Waals surface area contributed by atoms with Gasteiger partial charge in [0.1, 0.15) is 17.3 Å². The monoisotopic (exact) mass is 275 g/mol. The zero-order chi connectivity index (χ0) is 14.5. The van der Waals surface area contributed by atoms with Gasteiger partial charge in [0.15, 0.2) is 5.69 Å². The average Bonchev–Trinajstić information content (AvgIpc) is 2.48. The van der Waals surface area contributed by atoms with Crippen LogP contribution in [-0.2, 0) is 0 Å². The highest BCUT2D eigenvalue weighted by Crippen LogP contribution is 2.30. The fourth-order valence-electron chi connectivity index (χ4n) is 1.54. The molecule has 0 atom stereocenters. The van der Waals surface area contributed by atoms with E-state index >= 15 is 0 Å². The van der Waals surface area contributed by atoms with Crippen LogP contribution in [0.15, 0.2) is 30.6 Å². The maximum atomic E-state index is 10.7. The number of carboxylic acid groups (broad SMARTS) is 1. The van der Waals surface area contributed by atoms with E-state index in [0.717, 1.165) is 0 Å². The Morgan fingerprint density at radius 3 is 2.55 bits per heavy atom. The largest absolute Gasteiger partial charge is 0.497 e. The van der Waals surface area contributed by atoms with Crippen LogP contribution >= 0.6 is 0 Å². The lowest BCUT2D eigenvalue weighted by molar-refractivity contribution is 0.0690. The first-order chi connectivity index (χ1) is 9.63. The van der Waals surface area contributed by atoms with Crippen molar-refractivity contribution in [3.05, 3.63) is 36.3 Å². The minimum Gasteiger partial charge on any atom is -0.497 e. The minimum atomic E-state index is -1.12. The number of anilines is 2.